The van der Waals surface area contributed by atoms with Crippen LogP contribution in [0.1, 0.15) is 18.9 Å². The molecule has 7 fully saturated rings. The number of rotatable bonds is 11. The van der Waals surface area contributed by atoms with E-state index in [9.17, 15) is 28.8 Å². The summed E-state index contributed by atoms with van der Waals surface area (Å²) in [4.78, 5) is 80.8. The van der Waals surface area contributed by atoms with E-state index in [0.29, 0.717) is 83.3 Å². The maximum atomic E-state index is 12.1. The molecule has 7 saturated heterocycles. The van der Waals surface area contributed by atoms with Gasteiger partial charge in [0.05, 0.1) is 65.9 Å². The second-order valence-electron chi connectivity index (χ2n) is 16.6. The molecule has 398 valence electrons. The van der Waals surface area contributed by atoms with Crippen molar-refractivity contribution in [2.24, 2.45) is 0 Å². The predicted octanol–water partition coefficient (Wildman–Crippen LogP) is 3.01. The number of allylic oxidation sites excluding steroid dienone is 1. The van der Waals surface area contributed by atoms with Gasteiger partial charge in [-0.15, -0.1) is 0 Å². The fourth-order valence-electron chi connectivity index (χ4n) is 7.22. The van der Waals surface area contributed by atoms with E-state index < -0.39 is 0 Å². The van der Waals surface area contributed by atoms with Crippen molar-refractivity contribution >= 4 is 52.8 Å². The van der Waals surface area contributed by atoms with Gasteiger partial charge in [-0.1, -0.05) is 57.7 Å². The van der Waals surface area contributed by atoms with Crippen LogP contribution in [0, 0.1) is 0 Å². The summed E-state index contributed by atoms with van der Waals surface area (Å²) in [5, 5.41) is 0. The van der Waals surface area contributed by atoms with Gasteiger partial charge in [-0.2, -0.15) is 11.8 Å². The van der Waals surface area contributed by atoms with Gasteiger partial charge in [-0.25, -0.2) is 0 Å². The Morgan fingerprint density at radius 1 is 0.569 bits per heavy atom. The molecule has 7 aliphatic rings. The van der Waals surface area contributed by atoms with Gasteiger partial charge < -0.3 is 57.8 Å². The van der Waals surface area contributed by atoms with Gasteiger partial charge in [-0.3, -0.25) is 33.7 Å². The third-order valence-electron chi connectivity index (χ3n) is 11.5. The number of Topliss-reactive ketones (excluding diaryl/α,β-unsaturated/α-hetero) is 1. The molecule has 0 unspecified atom stereocenters. The molecule has 20 heteroatoms. The first-order valence-electron chi connectivity index (χ1n) is 24.3. The molecule has 0 atom stereocenters. The topological polar surface area (TPSA) is 180 Å². The van der Waals surface area contributed by atoms with E-state index in [1.165, 1.54) is 37.0 Å². The normalized spacial score (nSPS) is 19.0. The molecule has 0 saturated carbocycles. The Kier molecular flexibility index (Phi) is 29.9. The Bertz CT molecular complexity index is 1900. The Morgan fingerprint density at radius 3 is 1.51 bits per heavy atom. The zero-order valence-electron chi connectivity index (χ0n) is 42.4. The number of para-hydroxylation sites is 1. The molecule has 1 aromatic rings. The summed E-state index contributed by atoms with van der Waals surface area (Å²) in [7, 11) is 0. The maximum Gasteiger partial charge on any atom is 0.259 e. The van der Waals surface area contributed by atoms with Crippen LogP contribution in [0.2, 0.25) is 0 Å². The second-order valence-corrected chi connectivity index (χ2v) is 17.8. The molecule has 5 amide bonds. The van der Waals surface area contributed by atoms with E-state index in [4.69, 9.17) is 23.7 Å². The highest BCUT2D eigenvalue weighted by molar-refractivity contribution is 7.99. The van der Waals surface area contributed by atoms with Crippen molar-refractivity contribution in [1.82, 2.24) is 29.4 Å². The van der Waals surface area contributed by atoms with Crippen molar-refractivity contribution in [2.75, 3.05) is 168 Å². The maximum absolute atomic E-state index is 12.1. The fraction of sp³-hybridized carbons (Fsp3) is 0.538. The van der Waals surface area contributed by atoms with E-state index in [0.717, 1.165) is 68.8 Å². The molecule has 7 aliphatic heterocycles. The Balaban J connectivity index is 0.000000237. The van der Waals surface area contributed by atoms with Crippen LogP contribution >= 0.6 is 11.8 Å². The van der Waals surface area contributed by atoms with Gasteiger partial charge in [0.1, 0.15) is 19.8 Å². The number of thioether (sulfide) groups is 1. The second kappa shape index (κ2) is 35.5. The lowest BCUT2D eigenvalue weighted by molar-refractivity contribution is -0.154. The highest BCUT2D eigenvalue weighted by Crippen LogP contribution is 2.23. The third-order valence-corrected chi connectivity index (χ3v) is 12.5. The number of ketones is 1. The van der Waals surface area contributed by atoms with Gasteiger partial charge in [0.15, 0.2) is 5.78 Å². The molecule has 0 aliphatic carbocycles. The summed E-state index contributed by atoms with van der Waals surface area (Å²) in [6.45, 7) is 38.7. The van der Waals surface area contributed by atoms with Gasteiger partial charge in [0.2, 0.25) is 11.8 Å². The summed E-state index contributed by atoms with van der Waals surface area (Å²) >= 11 is 2.02. The van der Waals surface area contributed by atoms with Crippen molar-refractivity contribution in [3.63, 3.8) is 0 Å². The summed E-state index contributed by atoms with van der Waals surface area (Å²) in [5.41, 5.74) is 3.20. The highest BCUT2D eigenvalue weighted by Gasteiger charge is 2.25. The average molecular weight is 1020 g/mol. The lowest BCUT2D eigenvalue weighted by Gasteiger charge is -2.30. The van der Waals surface area contributed by atoms with Crippen LogP contribution in [0.25, 0.3) is 0 Å². The number of carbonyl (C=O) groups excluding carboxylic acids is 6. The average Bonchev–Trinajstić information content (AvgIpc) is 3.43. The van der Waals surface area contributed by atoms with Crippen LogP contribution in [0.15, 0.2) is 99.7 Å². The highest BCUT2D eigenvalue weighted by atomic mass is 32.2. The first-order chi connectivity index (χ1) is 34.8. The Morgan fingerprint density at radius 2 is 1.06 bits per heavy atom. The molecule has 72 heavy (non-hydrogen) atoms. The molecule has 19 nitrogen and oxygen atoms in total. The summed E-state index contributed by atoms with van der Waals surface area (Å²) in [5.74, 6) is 1.75. The van der Waals surface area contributed by atoms with Gasteiger partial charge in [-0.05, 0) is 42.7 Å². The molecule has 0 radical (unpaired) electrons. The summed E-state index contributed by atoms with van der Waals surface area (Å²) in [6.07, 6.45) is 7.05. The lowest BCUT2D eigenvalue weighted by atomic mass is 10.0. The minimum atomic E-state index is -0.355. The number of morpholine rings is 6. The van der Waals surface area contributed by atoms with E-state index in [1.807, 2.05) is 42.4 Å². The summed E-state index contributed by atoms with van der Waals surface area (Å²) in [6, 6.07) is 8.09. The SMILES string of the molecule is C=C(C)C(=O)Cc1ccccc1N1CCOCC1.C=C(CC(=O)N1CCOCC1)C(=O)N1CCOCC1.C=CN1C(=O)COCC1=O.C=CN1CCOCC1.C=CN1CCOCC1=O.C=CN1CCSCC1. The summed E-state index contributed by atoms with van der Waals surface area (Å²) < 4.78 is 30.4. The van der Waals surface area contributed by atoms with Gasteiger partial charge in [0.25, 0.3) is 17.7 Å². The Hall–Kier alpha value is -5.61. The van der Waals surface area contributed by atoms with Crippen molar-refractivity contribution < 1.29 is 57.2 Å². The minimum absolute atomic E-state index is 0.00347. The number of carbonyl (C=O) groups is 6. The molecular weight excluding hydrogens is 947 g/mol. The fourth-order valence-corrected chi connectivity index (χ4v) is 8.15. The zero-order valence-corrected chi connectivity index (χ0v) is 43.2. The minimum Gasteiger partial charge on any atom is -0.378 e. The Labute approximate surface area is 430 Å². The van der Waals surface area contributed by atoms with Gasteiger partial charge in [0, 0.05) is 107 Å². The van der Waals surface area contributed by atoms with Crippen molar-refractivity contribution in [3.05, 3.63) is 105 Å². The monoisotopic (exact) mass is 1020 g/mol. The van der Waals surface area contributed by atoms with Gasteiger partial charge >= 0.3 is 0 Å². The molecule has 1 aromatic carbocycles. The van der Waals surface area contributed by atoms with Crippen LogP contribution in [0.4, 0.5) is 5.69 Å². The predicted molar refractivity (Wildman–Crippen MR) is 279 cm³/mol. The number of amides is 5. The van der Waals surface area contributed by atoms with E-state index >= 15 is 0 Å². The first-order valence-corrected chi connectivity index (χ1v) is 25.4. The van der Waals surface area contributed by atoms with Crippen molar-refractivity contribution in [2.45, 2.75) is 19.8 Å². The number of ether oxygens (including phenoxy) is 6. The molecule has 0 aromatic heterocycles. The van der Waals surface area contributed by atoms with Crippen LogP contribution < -0.4 is 4.90 Å². The van der Waals surface area contributed by atoms with Crippen LogP contribution in [0.5, 0.6) is 0 Å². The number of hydrogen-bond donors (Lipinski definition) is 0. The number of hydrogen-bond acceptors (Lipinski definition) is 16. The quantitative estimate of drug-likeness (QED) is 0.233. The van der Waals surface area contributed by atoms with Crippen LogP contribution in [-0.2, 0) is 63.6 Å². The standard InChI is InChI=1S/C15H19NO2.C13H20N2O4.C6H7NO3.C6H9NO2.C6H11NO.C6H11NS/c1-12(2)15(17)11-13-5-3-4-6-14(13)16-7-9-18-10-8-16;1-11(13(17)15-4-8-19-9-5-15)10-12(16)14-2-6-18-7-3-14;1-2-7-5(8)3-10-4-6(7)9;1-2-7-3-4-9-5-6(7)8;2*1-2-7-3-5-8-6-4-7/h3-6H,1,7-11H2,2H3;1-10H2;2H,1,3-4H2;2H,1,3-5H2;2*2H,1,3-6H2. The number of imide groups is 1. The van der Waals surface area contributed by atoms with Crippen LogP contribution in [0.3, 0.4) is 0 Å². The lowest BCUT2D eigenvalue weighted by Crippen LogP contribution is -2.43. The van der Waals surface area contributed by atoms with Crippen molar-refractivity contribution in [1.29, 1.82) is 0 Å². The number of benzene rings is 1. The third kappa shape index (κ3) is 22.9. The van der Waals surface area contributed by atoms with E-state index in [1.54, 1.807) is 21.6 Å². The first kappa shape index (κ1) is 60.7. The van der Waals surface area contributed by atoms with E-state index in [2.05, 4.69) is 65.0 Å². The zero-order chi connectivity index (χ0) is 52.5. The molecule has 7 heterocycles. The molecular formula is C52H77N7O12S. The largest absolute Gasteiger partial charge is 0.378 e. The van der Waals surface area contributed by atoms with Crippen molar-refractivity contribution in [3.8, 4) is 0 Å². The molecule has 8 rings (SSSR count). The number of anilines is 1. The molecule has 0 N–H and O–H groups in total. The number of nitrogens with zero attached hydrogens (tertiary/aromatic N) is 7. The smallest absolute Gasteiger partial charge is 0.259 e. The molecule has 0 spiro atoms. The van der Waals surface area contributed by atoms with Crippen LogP contribution in [-0.4, -0.2) is 227 Å². The van der Waals surface area contributed by atoms with E-state index in [-0.39, 0.29) is 61.6 Å². The molecule has 0 bridgehead atoms.